The fraction of sp³-hybridized carbons (Fsp3) is 0.368. The van der Waals surface area contributed by atoms with Crippen LogP contribution in [0.3, 0.4) is 0 Å². The Morgan fingerprint density at radius 1 is 1.32 bits per heavy atom. The number of imidazole rings is 1. The summed E-state index contributed by atoms with van der Waals surface area (Å²) in [5, 5.41) is 0.284. The van der Waals surface area contributed by atoms with Crippen LogP contribution in [0.15, 0.2) is 18.3 Å². The Hall–Kier alpha value is -2.74. The van der Waals surface area contributed by atoms with Gasteiger partial charge in [0.1, 0.15) is 11.3 Å². The molecule has 1 aliphatic heterocycles. The van der Waals surface area contributed by atoms with Gasteiger partial charge in [-0.05, 0) is 26.0 Å². The third-order valence-corrected chi connectivity index (χ3v) is 5.31. The highest BCUT2D eigenvalue weighted by Crippen LogP contribution is 2.35. The Morgan fingerprint density at radius 2 is 2.07 bits per heavy atom. The summed E-state index contributed by atoms with van der Waals surface area (Å²) in [6, 6.07) is 3.19. The Labute approximate surface area is 166 Å². The van der Waals surface area contributed by atoms with E-state index in [4.69, 9.17) is 17.3 Å². The Bertz CT molecular complexity index is 1100. The van der Waals surface area contributed by atoms with Crippen LogP contribution in [-0.2, 0) is 4.79 Å². The second-order valence-electron chi connectivity index (χ2n) is 7.36. The van der Waals surface area contributed by atoms with Gasteiger partial charge >= 0.3 is 0 Å². The highest BCUT2D eigenvalue weighted by molar-refractivity contribution is 6.33. The van der Waals surface area contributed by atoms with E-state index in [0.29, 0.717) is 35.6 Å². The van der Waals surface area contributed by atoms with Gasteiger partial charge in [0.2, 0.25) is 11.9 Å². The standard InChI is InChI=1S/C19H20ClFN6O/c1-9(2)27-14-5-10(16-12(20)7-23-19(22)25-16)4-13(21)17(14)24-18(27)11-6-15(28)26(3)8-11/h4-5,7,9,11H,6,8H2,1-3H3,(H2,22,23,25). The maximum Gasteiger partial charge on any atom is 0.223 e. The van der Waals surface area contributed by atoms with Gasteiger partial charge in [-0.25, -0.2) is 19.3 Å². The number of carbonyl (C=O) groups excluding carboxylic acids is 1. The van der Waals surface area contributed by atoms with Gasteiger partial charge in [-0.15, -0.1) is 0 Å². The van der Waals surface area contributed by atoms with Gasteiger partial charge in [-0.3, -0.25) is 4.79 Å². The first kappa shape index (κ1) is 18.6. The number of likely N-dealkylation sites (tertiary alicyclic amines) is 1. The van der Waals surface area contributed by atoms with Crippen LogP contribution in [0.2, 0.25) is 5.02 Å². The molecule has 1 amide bonds. The zero-order valence-electron chi connectivity index (χ0n) is 15.8. The largest absolute Gasteiger partial charge is 0.368 e. The van der Waals surface area contributed by atoms with Crippen molar-refractivity contribution in [3.8, 4) is 11.3 Å². The van der Waals surface area contributed by atoms with Crippen molar-refractivity contribution >= 4 is 34.5 Å². The van der Waals surface area contributed by atoms with E-state index in [9.17, 15) is 9.18 Å². The SMILES string of the molecule is CC(C)n1c(C2CC(=O)N(C)C2)nc2c(F)cc(-c3nc(N)ncc3Cl)cc21. The number of nitrogens with zero attached hydrogens (tertiary/aromatic N) is 5. The molecular weight excluding hydrogens is 383 g/mol. The van der Waals surface area contributed by atoms with E-state index in [1.165, 1.54) is 12.3 Å². The van der Waals surface area contributed by atoms with E-state index in [2.05, 4.69) is 15.0 Å². The molecule has 1 aliphatic rings. The number of benzene rings is 1. The molecule has 1 unspecified atom stereocenters. The van der Waals surface area contributed by atoms with Crippen LogP contribution in [0.25, 0.3) is 22.3 Å². The monoisotopic (exact) mass is 402 g/mol. The van der Waals surface area contributed by atoms with Gasteiger partial charge in [0.25, 0.3) is 0 Å². The van der Waals surface area contributed by atoms with Crippen LogP contribution < -0.4 is 5.73 Å². The first-order chi connectivity index (χ1) is 13.3. The molecule has 2 N–H and O–H groups in total. The molecular formula is C19H20ClFN6O. The first-order valence-corrected chi connectivity index (χ1v) is 9.37. The minimum Gasteiger partial charge on any atom is -0.368 e. The molecule has 4 rings (SSSR count). The molecule has 146 valence electrons. The molecule has 1 atom stereocenters. The third-order valence-electron chi connectivity index (χ3n) is 5.03. The number of hydrogen-bond donors (Lipinski definition) is 1. The van der Waals surface area contributed by atoms with E-state index >= 15 is 0 Å². The van der Waals surface area contributed by atoms with Gasteiger partial charge in [-0.2, -0.15) is 0 Å². The van der Waals surface area contributed by atoms with Crippen molar-refractivity contribution in [2.75, 3.05) is 19.3 Å². The van der Waals surface area contributed by atoms with Crippen molar-refractivity contribution < 1.29 is 9.18 Å². The van der Waals surface area contributed by atoms with Crippen molar-refractivity contribution in [3.05, 3.63) is 35.0 Å². The summed E-state index contributed by atoms with van der Waals surface area (Å²) in [6.45, 7) is 4.58. The summed E-state index contributed by atoms with van der Waals surface area (Å²) in [4.78, 5) is 26.3. The van der Waals surface area contributed by atoms with Gasteiger partial charge in [-0.1, -0.05) is 11.6 Å². The van der Waals surface area contributed by atoms with Gasteiger partial charge in [0, 0.05) is 37.5 Å². The van der Waals surface area contributed by atoms with Crippen LogP contribution >= 0.6 is 11.6 Å². The van der Waals surface area contributed by atoms with Crippen molar-refractivity contribution in [1.29, 1.82) is 0 Å². The number of halogens is 2. The average Bonchev–Trinajstić information content (AvgIpc) is 3.18. The van der Waals surface area contributed by atoms with Crippen molar-refractivity contribution in [1.82, 2.24) is 24.4 Å². The molecule has 0 spiro atoms. The predicted molar refractivity (Wildman–Crippen MR) is 106 cm³/mol. The number of carbonyl (C=O) groups is 1. The number of amides is 1. The number of nitrogens with two attached hydrogens (primary N) is 1. The fourth-order valence-electron chi connectivity index (χ4n) is 3.76. The molecule has 0 bridgehead atoms. The molecule has 1 aromatic carbocycles. The smallest absolute Gasteiger partial charge is 0.223 e. The normalized spacial score (nSPS) is 17.3. The lowest BCUT2D eigenvalue weighted by Crippen LogP contribution is -2.19. The summed E-state index contributed by atoms with van der Waals surface area (Å²) in [7, 11) is 1.77. The van der Waals surface area contributed by atoms with Crippen LogP contribution in [0.5, 0.6) is 0 Å². The zero-order valence-corrected chi connectivity index (χ0v) is 16.5. The van der Waals surface area contributed by atoms with Gasteiger partial charge in [0.15, 0.2) is 5.82 Å². The molecule has 7 nitrogen and oxygen atoms in total. The molecule has 0 saturated carbocycles. The maximum absolute atomic E-state index is 15.0. The quantitative estimate of drug-likeness (QED) is 0.725. The average molecular weight is 403 g/mol. The van der Waals surface area contributed by atoms with Crippen LogP contribution in [0.1, 0.15) is 38.1 Å². The lowest BCUT2D eigenvalue weighted by molar-refractivity contribution is -0.126. The Balaban J connectivity index is 1.93. The lowest BCUT2D eigenvalue weighted by Gasteiger charge is -2.17. The van der Waals surface area contributed by atoms with Gasteiger partial charge < -0.3 is 15.2 Å². The van der Waals surface area contributed by atoms with Crippen LogP contribution in [-0.4, -0.2) is 43.9 Å². The van der Waals surface area contributed by atoms with E-state index in [-0.39, 0.29) is 34.4 Å². The number of aromatic nitrogens is 4. The Morgan fingerprint density at radius 3 is 2.71 bits per heavy atom. The van der Waals surface area contributed by atoms with Crippen LogP contribution in [0.4, 0.5) is 10.3 Å². The van der Waals surface area contributed by atoms with Crippen molar-refractivity contribution in [2.45, 2.75) is 32.2 Å². The number of nitrogen functional groups attached to an aromatic ring is 1. The van der Waals surface area contributed by atoms with E-state index < -0.39 is 5.82 Å². The van der Waals surface area contributed by atoms with Crippen LogP contribution in [0, 0.1) is 5.82 Å². The number of rotatable bonds is 3. The number of likely N-dealkylation sites (N-methyl/N-ethyl adjacent to an activating group) is 1. The first-order valence-electron chi connectivity index (χ1n) is 9.00. The van der Waals surface area contributed by atoms with E-state index in [1.54, 1.807) is 11.9 Å². The summed E-state index contributed by atoms with van der Waals surface area (Å²) < 4.78 is 17.0. The third kappa shape index (κ3) is 2.97. The second kappa shape index (κ2) is 6.70. The molecule has 3 heterocycles. The summed E-state index contributed by atoms with van der Waals surface area (Å²) in [5.41, 5.74) is 7.45. The predicted octanol–water partition coefficient (Wildman–Crippen LogP) is 3.39. The van der Waals surface area contributed by atoms with Crippen molar-refractivity contribution in [3.63, 3.8) is 0 Å². The van der Waals surface area contributed by atoms with Gasteiger partial charge in [0.05, 0.1) is 22.4 Å². The van der Waals surface area contributed by atoms with Crippen molar-refractivity contribution in [2.24, 2.45) is 0 Å². The minimum atomic E-state index is -0.473. The summed E-state index contributed by atoms with van der Waals surface area (Å²) in [6.07, 6.45) is 1.77. The van der Waals surface area contributed by atoms with E-state index in [0.717, 1.165) is 0 Å². The molecule has 3 aromatic rings. The highest BCUT2D eigenvalue weighted by atomic mass is 35.5. The fourth-order valence-corrected chi connectivity index (χ4v) is 3.96. The Kier molecular flexibility index (Phi) is 4.45. The molecule has 2 aromatic heterocycles. The molecule has 1 saturated heterocycles. The number of hydrogen-bond acceptors (Lipinski definition) is 5. The minimum absolute atomic E-state index is 0.0293. The molecule has 0 aliphatic carbocycles. The highest BCUT2D eigenvalue weighted by Gasteiger charge is 2.33. The molecule has 9 heteroatoms. The number of fused-ring (bicyclic) bond motifs is 1. The second-order valence-corrected chi connectivity index (χ2v) is 7.77. The lowest BCUT2D eigenvalue weighted by atomic mass is 10.1. The van der Waals surface area contributed by atoms with E-state index in [1.807, 2.05) is 24.5 Å². The number of anilines is 1. The topological polar surface area (TPSA) is 89.9 Å². The molecule has 28 heavy (non-hydrogen) atoms. The summed E-state index contributed by atoms with van der Waals surface area (Å²) in [5.74, 6) is 0.293. The summed E-state index contributed by atoms with van der Waals surface area (Å²) >= 11 is 6.21. The molecule has 0 radical (unpaired) electrons. The maximum atomic E-state index is 15.0. The molecule has 1 fully saturated rings. The zero-order chi connectivity index (χ0) is 20.2.